The van der Waals surface area contributed by atoms with Gasteiger partial charge in [0.05, 0.1) is 24.8 Å². The van der Waals surface area contributed by atoms with Gasteiger partial charge in [-0.15, -0.1) is 0 Å². The first-order chi connectivity index (χ1) is 22.6. The summed E-state index contributed by atoms with van der Waals surface area (Å²) in [6, 6.07) is 31.1. The van der Waals surface area contributed by atoms with Crippen LogP contribution in [0.2, 0.25) is 0 Å². The molecule has 0 aliphatic carbocycles. The Hall–Kier alpha value is -6.68. The molecule has 4 aromatic rings. The zero-order valence-electron chi connectivity index (χ0n) is 26.2. The van der Waals surface area contributed by atoms with Gasteiger partial charge in [-0.3, -0.25) is 9.59 Å². The average molecular weight is 622 g/mol. The Labute approximate surface area is 275 Å². The van der Waals surface area contributed by atoms with Crippen LogP contribution in [0, 0.1) is 46.5 Å². The number of benzene rings is 4. The fourth-order valence-electron chi connectivity index (χ4n) is 4.18. The van der Waals surface area contributed by atoms with Crippen LogP contribution in [0.5, 0.6) is 0 Å². The molecule has 9 heteroatoms. The molecule has 0 amide bonds. The molecule has 0 aliphatic heterocycles. The maximum atomic E-state index is 10.6. The third kappa shape index (κ3) is 12.1. The minimum absolute atomic E-state index is 0.118. The predicted octanol–water partition coefficient (Wildman–Crippen LogP) is 7.14. The lowest BCUT2D eigenvalue weighted by Gasteiger charge is -2.10. The van der Waals surface area contributed by atoms with E-state index in [0.717, 1.165) is 34.8 Å². The summed E-state index contributed by atoms with van der Waals surface area (Å²) in [4.78, 5) is 24.0. The van der Waals surface area contributed by atoms with Crippen LogP contribution in [-0.4, -0.2) is 12.6 Å². The topological polar surface area (TPSA) is 188 Å². The Morgan fingerprint density at radius 2 is 1.23 bits per heavy atom. The molecular weight excluding hydrogens is 586 g/mol. The first kappa shape index (κ1) is 36.5. The second-order valence-corrected chi connectivity index (χ2v) is 10.7. The quantitative estimate of drug-likeness (QED) is 0.0801. The fraction of sp³-hybridized carbons (Fsp3) is 0.158. The summed E-state index contributed by atoms with van der Waals surface area (Å²) in [5.74, 6) is -0.114. The molecule has 0 radical (unpaired) electrons. The molecular formula is C38H35N7O2. The molecule has 234 valence electrons. The smallest absolute Gasteiger partial charge is 0.262 e. The Kier molecular flexibility index (Phi) is 14.7. The lowest BCUT2D eigenvalue weighted by Crippen LogP contribution is -2.03. The summed E-state index contributed by atoms with van der Waals surface area (Å²) >= 11 is 0. The molecule has 0 fully saturated rings. The lowest BCUT2D eigenvalue weighted by atomic mass is 10.0. The second-order valence-electron chi connectivity index (χ2n) is 10.7. The summed E-state index contributed by atoms with van der Waals surface area (Å²) < 4.78 is 0. The number of carbonyl (C=O) groups is 2. The number of nitrogen functional groups attached to an aromatic ring is 3. The minimum Gasteiger partial charge on any atom is -0.399 e. The van der Waals surface area contributed by atoms with Gasteiger partial charge < -0.3 is 17.2 Å². The van der Waals surface area contributed by atoms with Crippen molar-refractivity contribution < 1.29 is 9.59 Å². The van der Waals surface area contributed by atoms with Crippen LogP contribution in [0.15, 0.2) is 90.6 Å². The number of anilines is 3. The van der Waals surface area contributed by atoms with E-state index in [1.165, 1.54) is 5.56 Å². The first-order valence-corrected chi connectivity index (χ1v) is 14.5. The molecule has 0 saturated heterocycles. The number of aldehydes is 2. The second kappa shape index (κ2) is 18.9. The summed E-state index contributed by atoms with van der Waals surface area (Å²) in [6.45, 7) is 11.0. The van der Waals surface area contributed by atoms with E-state index in [9.17, 15) is 9.59 Å². The molecule has 0 spiro atoms. The molecule has 0 aliphatic rings. The predicted molar refractivity (Wildman–Crippen MR) is 185 cm³/mol. The van der Waals surface area contributed by atoms with E-state index >= 15 is 0 Å². The van der Waals surface area contributed by atoms with Crippen molar-refractivity contribution in [3.63, 3.8) is 0 Å². The van der Waals surface area contributed by atoms with E-state index in [0.29, 0.717) is 46.9 Å². The molecule has 4 aromatic carbocycles. The van der Waals surface area contributed by atoms with Crippen molar-refractivity contribution in [2.24, 2.45) is 5.92 Å². The van der Waals surface area contributed by atoms with Crippen LogP contribution in [-0.2, 0) is 12.8 Å². The van der Waals surface area contributed by atoms with E-state index in [1.54, 1.807) is 54.6 Å². The van der Waals surface area contributed by atoms with Gasteiger partial charge in [0, 0.05) is 46.6 Å². The standard InChI is InChI=1S/C14H15N3O.C13H12N2.C11H8N2O/c15-11-6-13(16)12(14(17)7-11)5-9-1-3-10(8-18)4-2-9;1-10(2)12-6-4-11(5-7-12)8-13(9-14)15-3;12-6-11(7-13)5-9-1-3-10(8-14)4-2-9/h1-4,6-8H,5,15-17H2;4-8,10H,1-2H3;1-4,8,11H,5H2/b;13-8-;. The molecule has 47 heavy (non-hydrogen) atoms. The van der Waals surface area contributed by atoms with Gasteiger partial charge in [0.1, 0.15) is 18.5 Å². The number of carbonyl (C=O) groups excluding carboxylic acids is 2. The number of hydrogen-bond acceptors (Lipinski definition) is 8. The Bertz CT molecular complexity index is 1800. The SMILES string of the molecule is N#CC(C#N)Cc1ccc(C=O)cc1.Nc1cc(N)c(Cc2ccc(C=O)cc2)c(N)c1.[C-]#[N+]/C(C#N)=C\c1ccc(C(C)C)cc1. The van der Waals surface area contributed by atoms with Gasteiger partial charge in [-0.05, 0) is 46.4 Å². The van der Waals surface area contributed by atoms with Crippen molar-refractivity contribution in [2.45, 2.75) is 32.6 Å². The number of hydrogen-bond donors (Lipinski definition) is 3. The number of nitriles is 3. The number of nitrogens with zero attached hydrogens (tertiary/aromatic N) is 4. The monoisotopic (exact) mass is 621 g/mol. The van der Waals surface area contributed by atoms with E-state index < -0.39 is 5.92 Å². The Morgan fingerprint density at radius 1 is 0.766 bits per heavy atom. The molecule has 0 unspecified atom stereocenters. The maximum absolute atomic E-state index is 10.6. The summed E-state index contributed by atoms with van der Waals surface area (Å²) in [7, 11) is 0. The van der Waals surface area contributed by atoms with Crippen LogP contribution in [0.25, 0.3) is 10.9 Å². The van der Waals surface area contributed by atoms with Gasteiger partial charge >= 0.3 is 0 Å². The van der Waals surface area contributed by atoms with E-state index in [1.807, 2.05) is 54.6 Å². The van der Waals surface area contributed by atoms with Crippen molar-refractivity contribution >= 4 is 35.7 Å². The largest absolute Gasteiger partial charge is 0.399 e. The van der Waals surface area contributed by atoms with Gasteiger partial charge in [0.15, 0.2) is 0 Å². The third-order valence-corrected chi connectivity index (χ3v) is 6.85. The van der Waals surface area contributed by atoms with Gasteiger partial charge in [0.2, 0.25) is 0 Å². The Balaban J connectivity index is 0.000000248. The highest BCUT2D eigenvalue weighted by Gasteiger charge is 2.08. The summed E-state index contributed by atoms with van der Waals surface area (Å²) in [5.41, 5.74) is 25.5. The molecule has 0 atom stereocenters. The minimum atomic E-state index is -0.614. The van der Waals surface area contributed by atoms with Crippen molar-refractivity contribution in [1.82, 2.24) is 0 Å². The number of allylic oxidation sites excluding steroid dienone is 1. The normalized spacial score (nSPS) is 10.1. The average Bonchev–Trinajstić information content (AvgIpc) is 3.09. The fourth-order valence-corrected chi connectivity index (χ4v) is 4.18. The summed E-state index contributed by atoms with van der Waals surface area (Å²) in [5, 5.41) is 25.7. The van der Waals surface area contributed by atoms with Crippen molar-refractivity contribution in [3.05, 3.63) is 141 Å². The summed E-state index contributed by atoms with van der Waals surface area (Å²) in [6.07, 6.45) is 4.20. The van der Waals surface area contributed by atoms with E-state index in [4.69, 9.17) is 39.6 Å². The van der Waals surface area contributed by atoms with Crippen LogP contribution in [0.1, 0.15) is 68.3 Å². The van der Waals surface area contributed by atoms with Crippen molar-refractivity contribution in [3.8, 4) is 18.2 Å². The van der Waals surface area contributed by atoms with Gasteiger partial charge in [0.25, 0.3) is 5.70 Å². The van der Waals surface area contributed by atoms with Crippen LogP contribution in [0.4, 0.5) is 17.1 Å². The lowest BCUT2D eigenvalue weighted by molar-refractivity contribution is 0.111. The Morgan fingerprint density at radius 3 is 1.64 bits per heavy atom. The van der Waals surface area contributed by atoms with Crippen molar-refractivity contribution in [1.29, 1.82) is 15.8 Å². The van der Waals surface area contributed by atoms with Gasteiger partial charge in [-0.25, -0.2) is 10.1 Å². The number of nitrogens with two attached hydrogens (primary N) is 3. The highest BCUT2D eigenvalue weighted by atomic mass is 16.1. The number of rotatable bonds is 8. The molecule has 4 rings (SSSR count). The van der Waals surface area contributed by atoms with E-state index in [2.05, 4.69) is 18.7 Å². The molecule has 9 nitrogen and oxygen atoms in total. The molecule has 0 saturated carbocycles. The highest BCUT2D eigenvalue weighted by Crippen LogP contribution is 2.26. The molecule has 0 aromatic heterocycles. The highest BCUT2D eigenvalue weighted by molar-refractivity contribution is 5.75. The van der Waals surface area contributed by atoms with E-state index in [-0.39, 0.29) is 5.70 Å². The van der Waals surface area contributed by atoms with Crippen LogP contribution >= 0.6 is 0 Å². The maximum Gasteiger partial charge on any atom is 0.262 e. The van der Waals surface area contributed by atoms with Crippen LogP contribution < -0.4 is 17.2 Å². The first-order valence-electron chi connectivity index (χ1n) is 14.5. The molecule has 0 heterocycles. The van der Waals surface area contributed by atoms with Gasteiger partial charge in [-0.2, -0.15) is 10.5 Å². The molecule has 6 N–H and O–H groups in total. The zero-order valence-corrected chi connectivity index (χ0v) is 26.2. The zero-order chi connectivity index (χ0) is 34.8. The van der Waals surface area contributed by atoms with Crippen molar-refractivity contribution in [2.75, 3.05) is 17.2 Å². The van der Waals surface area contributed by atoms with Crippen LogP contribution in [0.3, 0.4) is 0 Å². The van der Waals surface area contributed by atoms with Gasteiger partial charge in [-0.1, -0.05) is 86.6 Å². The molecule has 0 bridgehead atoms. The third-order valence-electron chi connectivity index (χ3n) is 6.85.